The summed E-state index contributed by atoms with van der Waals surface area (Å²) in [5.74, 6) is -0.250. The Bertz CT molecular complexity index is 159. The number of hydrogen-bond donors (Lipinski definition) is 2. The normalized spacial score (nSPS) is 13.1. The van der Waals surface area contributed by atoms with Gasteiger partial charge < -0.3 is 16.0 Å². The SMILES string of the molecule is CCC(NCCCCN(C)C)C(N)=O. The van der Waals surface area contributed by atoms with Crippen LogP contribution in [-0.4, -0.2) is 44.0 Å². The van der Waals surface area contributed by atoms with Crippen LogP contribution < -0.4 is 11.1 Å². The monoisotopic (exact) mass is 201 g/mol. The molecule has 3 N–H and O–H groups in total. The fourth-order valence-electron chi connectivity index (χ4n) is 1.28. The van der Waals surface area contributed by atoms with E-state index in [1.54, 1.807) is 0 Å². The average Bonchev–Trinajstić information content (AvgIpc) is 2.10. The molecule has 4 heteroatoms. The highest BCUT2D eigenvalue weighted by molar-refractivity contribution is 5.79. The molecule has 14 heavy (non-hydrogen) atoms. The summed E-state index contributed by atoms with van der Waals surface area (Å²) < 4.78 is 0. The summed E-state index contributed by atoms with van der Waals surface area (Å²) in [5.41, 5.74) is 5.20. The van der Waals surface area contributed by atoms with Gasteiger partial charge in [0, 0.05) is 0 Å². The number of nitrogens with zero attached hydrogens (tertiary/aromatic N) is 1. The maximum absolute atomic E-state index is 10.9. The Morgan fingerprint density at radius 1 is 1.43 bits per heavy atom. The van der Waals surface area contributed by atoms with E-state index in [9.17, 15) is 4.79 Å². The summed E-state index contributed by atoms with van der Waals surface area (Å²) in [6.45, 7) is 3.92. The predicted octanol–water partition coefficient (Wildman–Crippen LogP) is 0.182. The van der Waals surface area contributed by atoms with E-state index < -0.39 is 0 Å². The molecule has 0 saturated heterocycles. The van der Waals surface area contributed by atoms with Crippen molar-refractivity contribution < 1.29 is 4.79 Å². The van der Waals surface area contributed by atoms with Crippen LogP contribution >= 0.6 is 0 Å². The summed E-state index contributed by atoms with van der Waals surface area (Å²) in [5, 5.41) is 3.15. The summed E-state index contributed by atoms with van der Waals surface area (Å²) in [7, 11) is 4.12. The quantitative estimate of drug-likeness (QED) is 0.551. The van der Waals surface area contributed by atoms with Crippen LogP contribution in [0.1, 0.15) is 26.2 Å². The Hall–Kier alpha value is -0.610. The van der Waals surface area contributed by atoms with E-state index >= 15 is 0 Å². The molecule has 1 unspecified atom stereocenters. The van der Waals surface area contributed by atoms with Gasteiger partial charge in [-0.15, -0.1) is 0 Å². The number of hydrogen-bond acceptors (Lipinski definition) is 3. The van der Waals surface area contributed by atoms with Gasteiger partial charge in [-0.3, -0.25) is 4.79 Å². The Kier molecular flexibility index (Phi) is 7.42. The first-order valence-corrected chi connectivity index (χ1v) is 5.25. The first-order valence-electron chi connectivity index (χ1n) is 5.25. The minimum atomic E-state index is -0.250. The van der Waals surface area contributed by atoms with Gasteiger partial charge in [0.25, 0.3) is 0 Å². The van der Waals surface area contributed by atoms with Gasteiger partial charge in [-0.25, -0.2) is 0 Å². The Balaban J connectivity index is 3.38. The second kappa shape index (κ2) is 7.76. The number of primary amides is 1. The van der Waals surface area contributed by atoms with Crippen molar-refractivity contribution >= 4 is 5.91 Å². The fraction of sp³-hybridized carbons (Fsp3) is 0.900. The van der Waals surface area contributed by atoms with Crippen molar-refractivity contribution in [1.29, 1.82) is 0 Å². The lowest BCUT2D eigenvalue weighted by Crippen LogP contribution is -2.41. The lowest BCUT2D eigenvalue weighted by molar-refractivity contribution is -0.120. The molecule has 0 spiro atoms. The topological polar surface area (TPSA) is 58.4 Å². The standard InChI is InChI=1S/C10H23N3O/c1-4-9(10(11)14)12-7-5-6-8-13(2)3/h9,12H,4-8H2,1-3H3,(H2,11,14). The van der Waals surface area contributed by atoms with Gasteiger partial charge in [-0.05, 0) is 46.4 Å². The largest absolute Gasteiger partial charge is 0.368 e. The minimum Gasteiger partial charge on any atom is -0.368 e. The first kappa shape index (κ1) is 13.4. The van der Waals surface area contributed by atoms with Crippen LogP contribution in [0.3, 0.4) is 0 Å². The van der Waals surface area contributed by atoms with Crippen molar-refractivity contribution in [3.8, 4) is 0 Å². The summed E-state index contributed by atoms with van der Waals surface area (Å²) >= 11 is 0. The molecule has 0 fully saturated rings. The van der Waals surface area contributed by atoms with E-state index in [1.165, 1.54) is 0 Å². The molecule has 4 nitrogen and oxygen atoms in total. The van der Waals surface area contributed by atoms with Crippen LogP contribution in [0.25, 0.3) is 0 Å². The Labute approximate surface area is 86.8 Å². The number of nitrogens with two attached hydrogens (primary N) is 1. The number of amides is 1. The van der Waals surface area contributed by atoms with Gasteiger partial charge in [0.15, 0.2) is 0 Å². The zero-order valence-electron chi connectivity index (χ0n) is 9.55. The van der Waals surface area contributed by atoms with E-state index in [-0.39, 0.29) is 11.9 Å². The lowest BCUT2D eigenvalue weighted by Gasteiger charge is -2.13. The van der Waals surface area contributed by atoms with Crippen molar-refractivity contribution in [3.63, 3.8) is 0 Å². The second-order valence-electron chi connectivity index (χ2n) is 3.83. The van der Waals surface area contributed by atoms with Gasteiger partial charge in [0.1, 0.15) is 0 Å². The summed E-state index contributed by atoms with van der Waals surface area (Å²) in [6.07, 6.45) is 3.00. The average molecular weight is 201 g/mol. The van der Waals surface area contributed by atoms with Gasteiger partial charge in [-0.2, -0.15) is 0 Å². The molecule has 0 rings (SSSR count). The van der Waals surface area contributed by atoms with Crippen LogP contribution in [0.2, 0.25) is 0 Å². The fourth-order valence-corrected chi connectivity index (χ4v) is 1.28. The zero-order chi connectivity index (χ0) is 11.0. The zero-order valence-corrected chi connectivity index (χ0v) is 9.55. The maximum Gasteiger partial charge on any atom is 0.234 e. The number of rotatable bonds is 8. The number of carbonyl (C=O) groups excluding carboxylic acids is 1. The van der Waals surface area contributed by atoms with E-state index in [1.807, 2.05) is 6.92 Å². The van der Waals surface area contributed by atoms with Crippen LogP contribution in [0.4, 0.5) is 0 Å². The first-order chi connectivity index (χ1) is 6.57. The number of nitrogens with one attached hydrogen (secondary N) is 1. The van der Waals surface area contributed by atoms with E-state index in [0.717, 1.165) is 32.4 Å². The second-order valence-corrected chi connectivity index (χ2v) is 3.83. The highest BCUT2D eigenvalue weighted by Gasteiger charge is 2.10. The van der Waals surface area contributed by atoms with Crippen molar-refractivity contribution in [2.75, 3.05) is 27.2 Å². The molecule has 0 aromatic rings. The van der Waals surface area contributed by atoms with Crippen LogP contribution in [0.5, 0.6) is 0 Å². The smallest absolute Gasteiger partial charge is 0.234 e. The molecule has 0 saturated carbocycles. The van der Waals surface area contributed by atoms with Gasteiger partial charge >= 0.3 is 0 Å². The van der Waals surface area contributed by atoms with Crippen molar-refractivity contribution in [3.05, 3.63) is 0 Å². The summed E-state index contributed by atoms with van der Waals surface area (Å²) in [4.78, 5) is 13.0. The Morgan fingerprint density at radius 2 is 2.07 bits per heavy atom. The maximum atomic E-state index is 10.9. The number of carbonyl (C=O) groups is 1. The van der Waals surface area contributed by atoms with Crippen molar-refractivity contribution in [2.45, 2.75) is 32.2 Å². The molecule has 0 aliphatic heterocycles. The minimum absolute atomic E-state index is 0.158. The highest BCUT2D eigenvalue weighted by Crippen LogP contribution is 1.93. The molecule has 0 aromatic heterocycles. The van der Waals surface area contributed by atoms with Crippen LogP contribution in [0, 0.1) is 0 Å². The molecular weight excluding hydrogens is 178 g/mol. The molecule has 1 atom stereocenters. The molecule has 1 amide bonds. The van der Waals surface area contributed by atoms with Crippen LogP contribution in [-0.2, 0) is 4.79 Å². The van der Waals surface area contributed by atoms with Gasteiger partial charge in [0.05, 0.1) is 6.04 Å². The van der Waals surface area contributed by atoms with E-state index in [2.05, 4.69) is 24.3 Å². The molecule has 0 aliphatic rings. The third-order valence-electron chi connectivity index (χ3n) is 2.17. The Morgan fingerprint density at radius 3 is 2.50 bits per heavy atom. The lowest BCUT2D eigenvalue weighted by atomic mass is 10.2. The molecule has 84 valence electrons. The predicted molar refractivity (Wildman–Crippen MR) is 59.1 cm³/mol. The number of unbranched alkanes of at least 4 members (excludes halogenated alkanes) is 1. The third kappa shape index (κ3) is 6.86. The van der Waals surface area contributed by atoms with Crippen molar-refractivity contribution in [2.24, 2.45) is 5.73 Å². The molecule has 0 heterocycles. The summed E-state index contributed by atoms with van der Waals surface area (Å²) in [6, 6.07) is -0.158. The van der Waals surface area contributed by atoms with Crippen molar-refractivity contribution in [1.82, 2.24) is 10.2 Å². The molecule has 0 bridgehead atoms. The van der Waals surface area contributed by atoms with Crippen LogP contribution in [0.15, 0.2) is 0 Å². The molecular formula is C10H23N3O. The molecule has 0 radical (unpaired) electrons. The third-order valence-corrected chi connectivity index (χ3v) is 2.17. The van der Waals surface area contributed by atoms with Gasteiger partial charge in [-0.1, -0.05) is 6.92 Å². The molecule has 0 aliphatic carbocycles. The van der Waals surface area contributed by atoms with E-state index in [0.29, 0.717) is 0 Å². The molecule has 0 aromatic carbocycles. The highest BCUT2D eigenvalue weighted by atomic mass is 16.1. The van der Waals surface area contributed by atoms with Gasteiger partial charge in [0.2, 0.25) is 5.91 Å². The van der Waals surface area contributed by atoms with E-state index in [4.69, 9.17) is 5.73 Å².